The lowest BCUT2D eigenvalue weighted by atomic mass is 9.77. The maximum absolute atomic E-state index is 10.5. The zero-order chi connectivity index (χ0) is 19.7. The van der Waals surface area contributed by atoms with E-state index in [1.54, 1.807) is 12.1 Å². The van der Waals surface area contributed by atoms with E-state index in [2.05, 4.69) is 35.5 Å². The Morgan fingerprint density at radius 1 is 1.18 bits per heavy atom. The number of hydrogen-bond donors (Lipinski definition) is 3. The van der Waals surface area contributed by atoms with Gasteiger partial charge in [-0.3, -0.25) is 0 Å². The van der Waals surface area contributed by atoms with E-state index in [4.69, 9.17) is 4.74 Å². The SMILES string of the molecule is CCOc1cccc([C@@H]2N[C@@](CO)(Cc3ccc(O)cc3)[C@@H]3CN(C)C[C@@H]32)c1. The highest BCUT2D eigenvalue weighted by atomic mass is 16.5. The topological polar surface area (TPSA) is 65.0 Å². The molecule has 2 aliphatic heterocycles. The van der Waals surface area contributed by atoms with Gasteiger partial charge in [0.05, 0.1) is 18.8 Å². The Balaban J connectivity index is 1.66. The second-order valence-corrected chi connectivity index (χ2v) is 8.28. The van der Waals surface area contributed by atoms with Gasteiger partial charge in [0.15, 0.2) is 0 Å². The third-order valence-corrected chi connectivity index (χ3v) is 6.39. The third-order valence-electron chi connectivity index (χ3n) is 6.39. The zero-order valence-electron chi connectivity index (χ0n) is 16.6. The fourth-order valence-corrected chi connectivity index (χ4v) is 5.15. The minimum atomic E-state index is -0.376. The Morgan fingerprint density at radius 2 is 1.96 bits per heavy atom. The summed E-state index contributed by atoms with van der Waals surface area (Å²) in [5, 5.41) is 23.9. The average Bonchev–Trinajstić information content (AvgIpc) is 3.21. The first kappa shape index (κ1) is 19.2. The zero-order valence-corrected chi connectivity index (χ0v) is 16.6. The highest BCUT2D eigenvalue weighted by Gasteiger charge is 2.56. The van der Waals surface area contributed by atoms with E-state index >= 15 is 0 Å². The van der Waals surface area contributed by atoms with Crippen LogP contribution in [0.1, 0.15) is 24.1 Å². The molecule has 5 heteroatoms. The van der Waals surface area contributed by atoms with Crippen molar-refractivity contribution in [1.29, 1.82) is 0 Å². The third kappa shape index (κ3) is 3.50. The van der Waals surface area contributed by atoms with E-state index in [1.165, 1.54) is 5.56 Å². The number of fused-ring (bicyclic) bond motifs is 1. The number of rotatable bonds is 6. The molecule has 2 heterocycles. The van der Waals surface area contributed by atoms with Gasteiger partial charge in [-0.1, -0.05) is 24.3 Å². The number of likely N-dealkylation sites (tertiary alicyclic amines) is 1. The van der Waals surface area contributed by atoms with Crippen LogP contribution in [0.3, 0.4) is 0 Å². The quantitative estimate of drug-likeness (QED) is 0.717. The van der Waals surface area contributed by atoms with Gasteiger partial charge < -0.3 is 25.2 Å². The first-order valence-electron chi connectivity index (χ1n) is 10.1. The number of ether oxygens (including phenoxy) is 1. The van der Waals surface area contributed by atoms with E-state index < -0.39 is 0 Å². The maximum Gasteiger partial charge on any atom is 0.119 e. The van der Waals surface area contributed by atoms with Crippen molar-refractivity contribution in [3.8, 4) is 11.5 Å². The molecule has 0 spiro atoms. The highest BCUT2D eigenvalue weighted by Crippen LogP contribution is 2.48. The number of aliphatic hydroxyl groups is 1. The Morgan fingerprint density at radius 3 is 2.68 bits per heavy atom. The molecule has 28 heavy (non-hydrogen) atoms. The summed E-state index contributed by atoms with van der Waals surface area (Å²) in [6, 6.07) is 15.8. The lowest BCUT2D eigenvalue weighted by Gasteiger charge is -2.34. The molecule has 0 aliphatic carbocycles. The van der Waals surface area contributed by atoms with Crippen molar-refractivity contribution in [1.82, 2.24) is 10.2 Å². The fourth-order valence-electron chi connectivity index (χ4n) is 5.15. The summed E-state index contributed by atoms with van der Waals surface area (Å²) in [6.07, 6.45) is 0.737. The predicted octanol–water partition coefficient (Wildman–Crippen LogP) is 2.59. The smallest absolute Gasteiger partial charge is 0.119 e. The highest BCUT2D eigenvalue weighted by molar-refractivity contribution is 5.35. The lowest BCUT2D eigenvalue weighted by Crippen LogP contribution is -2.52. The van der Waals surface area contributed by atoms with Crippen LogP contribution in [0, 0.1) is 11.8 Å². The van der Waals surface area contributed by atoms with E-state index in [1.807, 2.05) is 25.1 Å². The molecule has 150 valence electrons. The van der Waals surface area contributed by atoms with Crippen LogP contribution in [0.4, 0.5) is 0 Å². The summed E-state index contributed by atoms with van der Waals surface area (Å²) >= 11 is 0. The van der Waals surface area contributed by atoms with Crippen LogP contribution in [0.15, 0.2) is 48.5 Å². The first-order valence-corrected chi connectivity index (χ1v) is 10.1. The molecule has 5 nitrogen and oxygen atoms in total. The summed E-state index contributed by atoms with van der Waals surface area (Å²) in [5.41, 5.74) is 1.97. The number of hydrogen-bond acceptors (Lipinski definition) is 5. The first-order chi connectivity index (χ1) is 13.5. The minimum Gasteiger partial charge on any atom is -0.508 e. The molecular weight excluding hydrogens is 352 g/mol. The van der Waals surface area contributed by atoms with Crippen molar-refractivity contribution in [2.45, 2.75) is 24.9 Å². The van der Waals surface area contributed by atoms with Gasteiger partial charge in [0.2, 0.25) is 0 Å². The molecule has 0 aromatic heterocycles. The van der Waals surface area contributed by atoms with E-state index in [9.17, 15) is 10.2 Å². The molecule has 2 aliphatic rings. The van der Waals surface area contributed by atoms with E-state index in [0.717, 1.165) is 30.8 Å². The monoisotopic (exact) mass is 382 g/mol. The summed E-state index contributed by atoms with van der Waals surface area (Å²) in [7, 11) is 2.16. The van der Waals surface area contributed by atoms with Crippen LogP contribution < -0.4 is 10.1 Å². The molecule has 0 bridgehead atoms. The normalized spacial score (nSPS) is 29.8. The van der Waals surface area contributed by atoms with E-state index in [0.29, 0.717) is 18.4 Å². The lowest BCUT2D eigenvalue weighted by molar-refractivity contribution is 0.129. The molecule has 2 fully saturated rings. The van der Waals surface area contributed by atoms with Crippen LogP contribution in [0.25, 0.3) is 0 Å². The second-order valence-electron chi connectivity index (χ2n) is 8.28. The summed E-state index contributed by atoms with van der Waals surface area (Å²) in [4.78, 5) is 2.37. The number of aromatic hydroxyl groups is 1. The number of aliphatic hydroxyl groups excluding tert-OH is 1. The fraction of sp³-hybridized carbons (Fsp3) is 0.478. The predicted molar refractivity (Wildman–Crippen MR) is 110 cm³/mol. The van der Waals surface area contributed by atoms with E-state index in [-0.39, 0.29) is 23.9 Å². The number of phenols is 1. The summed E-state index contributed by atoms with van der Waals surface area (Å²) in [6.45, 7) is 4.72. The number of benzene rings is 2. The van der Waals surface area contributed by atoms with Crippen LogP contribution in [0.5, 0.6) is 11.5 Å². The Labute approximate surface area is 167 Å². The standard InChI is InChI=1S/C23H30N2O3/c1-3-28-19-6-4-5-17(11-19)22-20-13-25(2)14-21(20)23(15-26,24-22)12-16-7-9-18(27)10-8-16/h4-11,20-22,24,26-27H,3,12-15H2,1-2H3/t20-,21+,22-,23+/m0/s1. The number of nitrogens with zero attached hydrogens (tertiary/aromatic N) is 1. The van der Waals surface area contributed by atoms with Crippen LogP contribution >= 0.6 is 0 Å². The number of nitrogens with one attached hydrogen (secondary N) is 1. The van der Waals surface area contributed by atoms with Crippen molar-refractivity contribution in [2.24, 2.45) is 11.8 Å². The minimum absolute atomic E-state index is 0.0878. The maximum atomic E-state index is 10.5. The molecule has 3 N–H and O–H groups in total. The van der Waals surface area contributed by atoms with Gasteiger partial charge in [0.25, 0.3) is 0 Å². The largest absolute Gasteiger partial charge is 0.508 e. The van der Waals surface area contributed by atoms with Gasteiger partial charge in [-0.25, -0.2) is 0 Å². The molecule has 0 amide bonds. The van der Waals surface area contributed by atoms with Crippen LogP contribution in [-0.2, 0) is 6.42 Å². The van der Waals surface area contributed by atoms with Crippen molar-refractivity contribution < 1.29 is 14.9 Å². The molecule has 2 aromatic carbocycles. The van der Waals surface area contributed by atoms with Crippen molar-refractivity contribution in [3.05, 3.63) is 59.7 Å². The molecule has 2 aromatic rings. The molecular formula is C23H30N2O3. The Bertz CT molecular complexity index is 810. The van der Waals surface area contributed by atoms with Gasteiger partial charge in [-0.05, 0) is 67.6 Å². The Kier molecular flexibility index (Phi) is 5.32. The molecule has 4 atom stereocenters. The summed E-state index contributed by atoms with van der Waals surface area (Å²) < 4.78 is 5.71. The van der Waals surface area contributed by atoms with Crippen LogP contribution in [-0.4, -0.2) is 54.0 Å². The average molecular weight is 383 g/mol. The van der Waals surface area contributed by atoms with Gasteiger partial charge >= 0.3 is 0 Å². The Hall–Kier alpha value is -2.08. The van der Waals surface area contributed by atoms with Crippen molar-refractivity contribution in [3.63, 3.8) is 0 Å². The van der Waals surface area contributed by atoms with Gasteiger partial charge in [-0.15, -0.1) is 0 Å². The summed E-state index contributed by atoms with van der Waals surface area (Å²) in [5.74, 6) is 1.96. The molecule has 0 unspecified atom stereocenters. The number of phenolic OH excluding ortho intramolecular Hbond substituents is 1. The van der Waals surface area contributed by atoms with Gasteiger partial charge in [0.1, 0.15) is 11.5 Å². The van der Waals surface area contributed by atoms with Gasteiger partial charge in [0, 0.05) is 19.1 Å². The van der Waals surface area contributed by atoms with Crippen LogP contribution in [0.2, 0.25) is 0 Å². The van der Waals surface area contributed by atoms with Crippen molar-refractivity contribution >= 4 is 0 Å². The molecule has 2 saturated heterocycles. The second kappa shape index (κ2) is 7.74. The molecule has 4 rings (SSSR count). The molecule has 0 saturated carbocycles. The van der Waals surface area contributed by atoms with Gasteiger partial charge in [-0.2, -0.15) is 0 Å². The van der Waals surface area contributed by atoms with Crippen molar-refractivity contribution in [2.75, 3.05) is 33.4 Å². The molecule has 0 radical (unpaired) electrons.